The summed E-state index contributed by atoms with van der Waals surface area (Å²) in [4.78, 5) is 35.2. The minimum Gasteiger partial charge on any atom is -0.494 e. The Labute approximate surface area is 271 Å². The van der Waals surface area contributed by atoms with Crippen molar-refractivity contribution in [3.05, 3.63) is 72.1 Å². The molecule has 268 valence electrons. The summed E-state index contributed by atoms with van der Waals surface area (Å²) in [5.41, 5.74) is 5.67. The number of nitrogens with zero attached hydrogens (tertiary/aromatic N) is 5. The summed E-state index contributed by atoms with van der Waals surface area (Å²) < 4.78 is 117. The highest BCUT2D eigenvalue weighted by molar-refractivity contribution is 6.04. The number of hydrogen-bond donors (Lipinski definition) is 4. The van der Waals surface area contributed by atoms with Gasteiger partial charge in [-0.3, -0.25) is 4.79 Å². The van der Waals surface area contributed by atoms with E-state index >= 15 is 0 Å². The smallest absolute Gasteiger partial charge is 0.490 e. The molecule has 0 saturated carbocycles. The number of aliphatic carboxylic acids is 2. The van der Waals surface area contributed by atoms with Gasteiger partial charge in [0.15, 0.2) is 17.1 Å². The first kappa shape index (κ1) is 38.2. The van der Waals surface area contributed by atoms with Crippen LogP contribution in [0.4, 0.5) is 51.0 Å². The van der Waals surface area contributed by atoms with Crippen molar-refractivity contribution in [2.75, 3.05) is 18.2 Å². The number of methoxy groups -OCH3 is 1. The molecule has 3 aromatic heterocycles. The molecule has 0 bridgehead atoms. The number of benzene rings is 2. The fraction of sp³-hybridized carbons (Fsp3) is 0.185. The molecule has 1 amide bonds. The highest BCUT2D eigenvalue weighted by atomic mass is 19.4. The summed E-state index contributed by atoms with van der Waals surface area (Å²) in [5, 5.41) is 24.5. The number of hydrogen-bond acceptors (Lipinski definition) is 9. The van der Waals surface area contributed by atoms with Crippen LogP contribution in [0.2, 0.25) is 0 Å². The summed E-state index contributed by atoms with van der Waals surface area (Å²) in [6.45, 7) is 1.83. The van der Waals surface area contributed by atoms with E-state index in [1.54, 1.807) is 30.6 Å². The number of nitrogen functional groups attached to an aromatic ring is 1. The molecule has 0 saturated heterocycles. The lowest BCUT2D eigenvalue weighted by Gasteiger charge is -2.14. The molecule has 23 heteroatoms. The van der Waals surface area contributed by atoms with Crippen molar-refractivity contribution in [2.24, 2.45) is 0 Å². The Morgan fingerprint density at radius 1 is 0.900 bits per heavy atom. The number of imidazole rings is 1. The topological polar surface area (TPSA) is 201 Å². The van der Waals surface area contributed by atoms with E-state index in [0.29, 0.717) is 22.8 Å². The van der Waals surface area contributed by atoms with E-state index in [0.717, 1.165) is 16.2 Å². The lowest BCUT2D eigenvalue weighted by atomic mass is 10.2. The number of anilines is 2. The molecule has 3 heterocycles. The van der Waals surface area contributed by atoms with Crippen molar-refractivity contribution in [3.8, 4) is 17.1 Å². The predicted molar refractivity (Wildman–Crippen MR) is 151 cm³/mol. The maximum atomic E-state index is 13.5. The van der Waals surface area contributed by atoms with Crippen molar-refractivity contribution in [3.63, 3.8) is 0 Å². The number of carbonyl (C=O) groups excluding carboxylic acids is 1. The zero-order valence-corrected chi connectivity index (χ0v) is 24.8. The quantitative estimate of drug-likeness (QED) is 0.164. The van der Waals surface area contributed by atoms with E-state index in [1.165, 1.54) is 25.3 Å². The van der Waals surface area contributed by atoms with Gasteiger partial charge in [-0.2, -0.15) is 44.6 Å². The van der Waals surface area contributed by atoms with Gasteiger partial charge in [0.25, 0.3) is 5.91 Å². The Bertz CT molecular complexity index is 1990. The molecule has 50 heavy (non-hydrogen) atoms. The summed E-state index contributed by atoms with van der Waals surface area (Å²) >= 11 is 0. The number of nitrogens with one attached hydrogen (secondary N) is 1. The van der Waals surface area contributed by atoms with E-state index in [2.05, 4.69) is 20.6 Å². The number of aryl methyl sites for hydroxylation is 1. The molecule has 2 aromatic carbocycles. The lowest BCUT2D eigenvalue weighted by Crippen LogP contribution is -2.21. The Morgan fingerprint density at radius 3 is 1.98 bits per heavy atom. The molecule has 0 spiro atoms. The third-order valence-electron chi connectivity index (χ3n) is 5.98. The van der Waals surface area contributed by atoms with Crippen LogP contribution in [0.15, 0.2) is 59.4 Å². The van der Waals surface area contributed by atoms with E-state index < -0.39 is 42.1 Å². The number of rotatable bonds is 5. The van der Waals surface area contributed by atoms with E-state index in [9.17, 15) is 44.3 Å². The van der Waals surface area contributed by atoms with Crippen molar-refractivity contribution in [2.45, 2.75) is 25.5 Å². The lowest BCUT2D eigenvalue weighted by molar-refractivity contribution is -0.193. The highest BCUT2D eigenvalue weighted by Crippen LogP contribution is 2.32. The summed E-state index contributed by atoms with van der Waals surface area (Å²) in [6, 6.07) is 10.0. The fourth-order valence-corrected chi connectivity index (χ4v) is 3.73. The Balaban J connectivity index is 0.000000408. The van der Waals surface area contributed by atoms with Crippen LogP contribution in [0.5, 0.6) is 5.75 Å². The second kappa shape index (κ2) is 14.4. The molecular formula is C27H20F9N7O7. The average molecular weight is 725 g/mol. The number of aromatic nitrogens is 5. The summed E-state index contributed by atoms with van der Waals surface area (Å²) in [7, 11) is 1.42. The average Bonchev–Trinajstić information content (AvgIpc) is 3.75. The van der Waals surface area contributed by atoms with Crippen LogP contribution in [0.3, 0.4) is 0 Å². The van der Waals surface area contributed by atoms with E-state index in [1.807, 2.05) is 11.5 Å². The monoisotopic (exact) mass is 725 g/mol. The molecule has 0 unspecified atom stereocenters. The van der Waals surface area contributed by atoms with Crippen LogP contribution in [0, 0.1) is 6.92 Å². The number of fused-ring (bicyclic) bond motifs is 1. The number of carbonyl (C=O) groups is 3. The number of carboxylic acid groups (broad SMARTS) is 2. The fourth-order valence-electron chi connectivity index (χ4n) is 3.73. The number of alkyl halides is 9. The molecule has 5 aromatic rings. The van der Waals surface area contributed by atoms with Crippen LogP contribution in [0.25, 0.3) is 22.3 Å². The van der Waals surface area contributed by atoms with Gasteiger partial charge in [-0.15, -0.1) is 0 Å². The third-order valence-corrected chi connectivity index (χ3v) is 5.98. The number of amides is 1. The summed E-state index contributed by atoms with van der Waals surface area (Å²) in [6.07, 6.45) is -11.5. The number of halogens is 9. The van der Waals surface area contributed by atoms with Crippen molar-refractivity contribution in [1.82, 2.24) is 24.5 Å². The predicted octanol–water partition coefficient (Wildman–Crippen LogP) is 5.64. The van der Waals surface area contributed by atoms with Crippen molar-refractivity contribution < 1.29 is 73.4 Å². The van der Waals surface area contributed by atoms with Gasteiger partial charge in [-0.1, -0.05) is 5.16 Å². The third kappa shape index (κ3) is 9.19. The Hall–Kier alpha value is -6.29. The van der Waals surface area contributed by atoms with Crippen LogP contribution >= 0.6 is 0 Å². The SMILES string of the molecule is COc1cc(-n2ccnc2C)ccc1NC(=O)c1cc(C(F)(F)F)nn1-c1ccc2onc(N)c2c1.O=C(O)C(F)(F)F.O=C(O)C(F)(F)F. The normalized spacial score (nSPS) is 11.6. The van der Waals surface area contributed by atoms with Gasteiger partial charge in [-0.25, -0.2) is 19.3 Å². The first-order valence-corrected chi connectivity index (χ1v) is 13.0. The number of nitrogens with two attached hydrogens (primary N) is 1. The maximum Gasteiger partial charge on any atom is 0.490 e. The minimum atomic E-state index is -5.08. The highest BCUT2D eigenvalue weighted by Gasteiger charge is 2.39. The Kier molecular flexibility index (Phi) is 11.0. The number of ether oxygens (including phenoxy) is 1. The van der Waals surface area contributed by atoms with Crippen molar-refractivity contribution >= 4 is 40.3 Å². The molecule has 5 N–H and O–H groups in total. The van der Waals surface area contributed by atoms with Crippen molar-refractivity contribution in [1.29, 1.82) is 0 Å². The maximum absolute atomic E-state index is 13.5. The zero-order valence-electron chi connectivity index (χ0n) is 24.8. The van der Waals surface area contributed by atoms with Gasteiger partial charge < -0.3 is 35.1 Å². The second-order valence-corrected chi connectivity index (χ2v) is 9.36. The minimum absolute atomic E-state index is 0.0546. The van der Waals surface area contributed by atoms with E-state index in [4.69, 9.17) is 34.8 Å². The van der Waals surface area contributed by atoms with Gasteiger partial charge in [0.05, 0.1) is 29.6 Å². The van der Waals surface area contributed by atoms with Crippen LogP contribution in [-0.2, 0) is 15.8 Å². The van der Waals surface area contributed by atoms with Gasteiger partial charge in [0, 0.05) is 24.5 Å². The second-order valence-electron chi connectivity index (χ2n) is 9.36. The van der Waals surface area contributed by atoms with Gasteiger partial charge in [0.1, 0.15) is 17.3 Å². The molecule has 14 nitrogen and oxygen atoms in total. The zero-order chi connectivity index (χ0) is 37.8. The first-order chi connectivity index (χ1) is 23.0. The van der Waals surface area contributed by atoms with Crippen LogP contribution in [-0.4, -0.2) is 72.0 Å². The molecule has 0 fully saturated rings. The van der Waals surface area contributed by atoms with Gasteiger partial charge in [-0.05, 0) is 37.3 Å². The van der Waals surface area contributed by atoms with Gasteiger partial charge in [0.2, 0.25) is 0 Å². The molecule has 0 atom stereocenters. The largest absolute Gasteiger partial charge is 0.494 e. The Morgan fingerprint density at radius 2 is 1.48 bits per heavy atom. The molecule has 0 aliphatic heterocycles. The molecule has 0 radical (unpaired) electrons. The standard InChI is InChI=1S/C23H18F3N7O3.2C2HF3O2/c1-12-28-7-8-32(12)13-3-5-16(19(10-13)35-2)29-22(34)17-11-20(23(24,25)26)30-33(17)14-4-6-18-15(9-14)21(27)31-36-18;2*3-2(4,5)1(6)7/h3-11H,1-2H3,(H2,27,31)(H,29,34);2*(H,6,7). The molecule has 0 aliphatic carbocycles. The van der Waals surface area contributed by atoms with Crippen LogP contribution in [0.1, 0.15) is 22.0 Å². The van der Waals surface area contributed by atoms with E-state index in [-0.39, 0.29) is 22.9 Å². The first-order valence-electron chi connectivity index (χ1n) is 13.0. The van der Waals surface area contributed by atoms with Crippen LogP contribution < -0.4 is 15.8 Å². The molecule has 5 rings (SSSR count). The number of carboxylic acids is 2. The summed E-state index contributed by atoms with van der Waals surface area (Å²) in [5.74, 6) is -5.25. The molecular weight excluding hydrogens is 705 g/mol. The molecule has 0 aliphatic rings. The van der Waals surface area contributed by atoms with Gasteiger partial charge >= 0.3 is 30.5 Å².